The van der Waals surface area contributed by atoms with Crippen molar-refractivity contribution >= 4 is 33.8 Å². The van der Waals surface area contributed by atoms with E-state index in [2.05, 4.69) is 20.9 Å². The lowest BCUT2D eigenvalue weighted by atomic mass is 10.3. The number of carbonyl (C=O) groups excluding carboxylic acids is 1. The van der Waals surface area contributed by atoms with Crippen molar-refractivity contribution in [2.45, 2.75) is 6.43 Å². The molecule has 0 aliphatic heterocycles. The molecule has 1 aromatic heterocycles. The summed E-state index contributed by atoms with van der Waals surface area (Å²) in [7, 11) is 0. The molecule has 0 saturated carbocycles. The lowest BCUT2D eigenvalue weighted by molar-refractivity contribution is 0.111. The van der Waals surface area contributed by atoms with Crippen LogP contribution in [0.1, 0.15) is 22.6 Å². The molecule has 1 rings (SSSR count). The topological polar surface area (TPSA) is 30.0 Å². The number of carbonyl (C=O) groups is 1. The molecule has 0 aliphatic carbocycles. The van der Waals surface area contributed by atoms with Crippen LogP contribution in [0.15, 0.2) is 10.5 Å². The third kappa shape index (κ3) is 2.22. The molecule has 6 heteroatoms. The van der Waals surface area contributed by atoms with E-state index in [1.165, 1.54) is 6.07 Å². The Morgan fingerprint density at radius 2 is 2.23 bits per heavy atom. The summed E-state index contributed by atoms with van der Waals surface area (Å²) >= 11 is 8.42. The Kier molecular flexibility index (Phi) is 3.33. The lowest BCUT2D eigenvalue weighted by Crippen LogP contribution is -1.97. The summed E-state index contributed by atoms with van der Waals surface area (Å²) in [5, 5.41) is 0.0485. The maximum absolute atomic E-state index is 12.3. The number of halogens is 4. The first-order valence-electron chi connectivity index (χ1n) is 3.15. The van der Waals surface area contributed by atoms with Gasteiger partial charge in [-0.05, 0) is 22.0 Å². The third-order valence-electron chi connectivity index (χ3n) is 1.29. The van der Waals surface area contributed by atoms with Gasteiger partial charge in [-0.1, -0.05) is 11.6 Å². The molecule has 0 atom stereocenters. The van der Waals surface area contributed by atoms with Crippen LogP contribution in [0.25, 0.3) is 0 Å². The van der Waals surface area contributed by atoms with Crippen molar-refractivity contribution < 1.29 is 13.6 Å². The smallest absolute Gasteiger partial charge is 0.281 e. The maximum Gasteiger partial charge on any atom is 0.281 e. The number of aldehydes is 1. The van der Waals surface area contributed by atoms with Crippen molar-refractivity contribution in [1.29, 1.82) is 0 Å². The Bertz CT molecular complexity index is 346. The first-order chi connectivity index (χ1) is 6.06. The number of alkyl halides is 2. The fraction of sp³-hybridized carbons (Fsp3) is 0.143. The summed E-state index contributed by atoms with van der Waals surface area (Å²) in [5.74, 6) is 0. The second-order valence-corrected chi connectivity index (χ2v) is 3.35. The quantitative estimate of drug-likeness (QED) is 0.772. The van der Waals surface area contributed by atoms with Gasteiger partial charge in [0.15, 0.2) is 6.29 Å². The van der Waals surface area contributed by atoms with Crippen molar-refractivity contribution in [3.8, 4) is 0 Å². The molecule has 0 bridgehead atoms. The average molecular weight is 270 g/mol. The number of hydrogen-bond donors (Lipinski definition) is 0. The van der Waals surface area contributed by atoms with Gasteiger partial charge in [-0.25, -0.2) is 13.8 Å². The predicted molar refractivity (Wildman–Crippen MR) is 47.3 cm³/mol. The monoisotopic (exact) mass is 269 g/mol. The van der Waals surface area contributed by atoms with E-state index in [4.69, 9.17) is 11.6 Å². The number of rotatable bonds is 2. The molecule has 1 aromatic rings. The minimum Gasteiger partial charge on any atom is -0.296 e. The van der Waals surface area contributed by atoms with Crippen LogP contribution in [-0.2, 0) is 0 Å². The molecule has 0 unspecified atom stereocenters. The van der Waals surface area contributed by atoms with Crippen LogP contribution >= 0.6 is 27.5 Å². The SMILES string of the molecule is O=Cc1cc(Cl)c(Br)c(C(F)F)n1. The van der Waals surface area contributed by atoms with Gasteiger partial charge >= 0.3 is 0 Å². The Hall–Kier alpha value is -0.550. The number of aromatic nitrogens is 1. The Morgan fingerprint density at radius 3 is 2.69 bits per heavy atom. The second kappa shape index (κ2) is 4.11. The van der Waals surface area contributed by atoms with Gasteiger partial charge in [-0.15, -0.1) is 0 Å². The molecule has 0 radical (unpaired) electrons. The zero-order valence-corrected chi connectivity index (χ0v) is 8.44. The van der Waals surface area contributed by atoms with Gasteiger partial charge < -0.3 is 0 Å². The highest BCUT2D eigenvalue weighted by atomic mass is 79.9. The number of hydrogen-bond acceptors (Lipinski definition) is 2. The fourth-order valence-electron chi connectivity index (χ4n) is 0.741. The molecule has 13 heavy (non-hydrogen) atoms. The summed E-state index contributed by atoms with van der Waals surface area (Å²) < 4.78 is 24.5. The van der Waals surface area contributed by atoms with Crippen LogP contribution in [0.5, 0.6) is 0 Å². The van der Waals surface area contributed by atoms with E-state index in [0.29, 0.717) is 6.29 Å². The normalized spacial score (nSPS) is 10.5. The summed E-state index contributed by atoms with van der Waals surface area (Å²) in [6.45, 7) is 0. The van der Waals surface area contributed by atoms with Gasteiger partial charge in [0.2, 0.25) is 0 Å². The van der Waals surface area contributed by atoms with Crippen LogP contribution in [0.2, 0.25) is 5.02 Å². The third-order valence-corrected chi connectivity index (χ3v) is 2.65. The highest BCUT2D eigenvalue weighted by Gasteiger charge is 2.17. The predicted octanol–water partition coefficient (Wildman–Crippen LogP) is 3.25. The van der Waals surface area contributed by atoms with Crippen LogP contribution in [0, 0.1) is 0 Å². The number of nitrogens with zero attached hydrogens (tertiary/aromatic N) is 1. The Morgan fingerprint density at radius 1 is 1.62 bits per heavy atom. The molecule has 70 valence electrons. The van der Waals surface area contributed by atoms with Crippen LogP contribution in [0.4, 0.5) is 8.78 Å². The summed E-state index contributed by atoms with van der Waals surface area (Å²) in [4.78, 5) is 13.7. The zero-order valence-electron chi connectivity index (χ0n) is 6.10. The molecule has 1 heterocycles. The first kappa shape index (κ1) is 10.5. The van der Waals surface area contributed by atoms with Gasteiger partial charge in [0.1, 0.15) is 11.4 Å². The van der Waals surface area contributed by atoms with E-state index in [1.807, 2.05) is 0 Å². The molecule has 0 aromatic carbocycles. The van der Waals surface area contributed by atoms with Crippen molar-refractivity contribution in [3.05, 3.63) is 26.9 Å². The van der Waals surface area contributed by atoms with E-state index in [-0.39, 0.29) is 15.2 Å². The minimum absolute atomic E-state index is 0.0229. The van der Waals surface area contributed by atoms with E-state index in [9.17, 15) is 13.6 Å². The van der Waals surface area contributed by atoms with Gasteiger partial charge in [0.05, 0.1) is 9.50 Å². The molecule has 0 amide bonds. The van der Waals surface area contributed by atoms with Crippen molar-refractivity contribution in [2.75, 3.05) is 0 Å². The van der Waals surface area contributed by atoms with Crippen molar-refractivity contribution in [1.82, 2.24) is 4.98 Å². The maximum atomic E-state index is 12.3. The Balaban J connectivity index is 3.32. The van der Waals surface area contributed by atoms with Crippen LogP contribution < -0.4 is 0 Å². The van der Waals surface area contributed by atoms with Gasteiger partial charge in [0, 0.05) is 0 Å². The Labute approximate surface area is 86.0 Å². The van der Waals surface area contributed by atoms with Gasteiger partial charge in [-0.2, -0.15) is 0 Å². The average Bonchev–Trinajstić information content (AvgIpc) is 2.09. The van der Waals surface area contributed by atoms with E-state index >= 15 is 0 Å². The lowest BCUT2D eigenvalue weighted by Gasteiger charge is -2.04. The summed E-state index contributed by atoms with van der Waals surface area (Å²) in [6.07, 6.45) is -2.39. The second-order valence-electron chi connectivity index (χ2n) is 2.15. The molecule has 0 fully saturated rings. The van der Waals surface area contributed by atoms with Crippen molar-refractivity contribution in [2.24, 2.45) is 0 Å². The fourth-order valence-corrected chi connectivity index (χ4v) is 1.33. The summed E-state index contributed by atoms with van der Waals surface area (Å²) in [6, 6.07) is 1.21. The molecular formula is C7H3BrClF2NO. The van der Waals surface area contributed by atoms with Crippen LogP contribution in [0.3, 0.4) is 0 Å². The molecule has 0 aliphatic rings. The highest BCUT2D eigenvalue weighted by molar-refractivity contribution is 9.10. The van der Waals surface area contributed by atoms with E-state index < -0.39 is 12.1 Å². The zero-order chi connectivity index (χ0) is 10.0. The first-order valence-corrected chi connectivity index (χ1v) is 4.32. The largest absolute Gasteiger partial charge is 0.296 e. The molecule has 0 N–H and O–H groups in total. The van der Waals surface area contributed by atoms with Crippen molar-refractivity contribution in [3.63, 3.8) is 0 Å². The molecule has 2 nitrogen and oxygen atoms in total. The standard InChI is InChI=1S/C7H3BrClF2NO/c8-5-4(9)1-3(2-13)12-6(5)7(10)11/h1-2,7H. The van der Waals surface area contributed by atoms with E-state index in [1.54, 1.807) is 0 Å². The summed E-state index contributed by atoms with van der Waals surface area (Å²) in [5.41, 5.74) is -0.627. The molecule has 0 spiro atoms. The highest BCUT2D eigenvalue weighted by Crippen LogP contribution is 2.31. The van der Waals surface area contributed by atoms with E-state index in [0.717, 1.165) is 0 Å². The van der Waals surface area contributed by atoms with Crippen LogP contribution in [-0.4, -0.2) is 11.3 Å². The molecular weight excluding hydrogens is 267 g/mol. The number of pyridine rings is 1. The molecule has 0 saturated heterocycles. The van der Waals surface area contributed by atoms with Gasteiger partial charge in [0.25, 0.3) is 6.43 Å². The van der Waals surface area contributed by atoms with Gasteiger partial charge in [-0.3, -0.25) is 4.79 Å². The minimum atomic E-state index is -2.76.